The number of aliphatic hydroxyl groups excluding tert-OH is 1. The summed E-state index contributed by atoms with van der Waals surface area (Å²) in [7, 11) is -3.50. The summed E-state index contributed by atoms with van der Waals surface area (Å²) in [5.74, 6) is 0. The third-order valence-corrected chi connectivity index (χ3v) is 3.53. The van der Waals surface area contributed by atoms with Crippen molar-refractivity contribution >= 4 is 10.2 Å². The second kappa shape index (κ2) is 5.95. The van der Waals surface area contributed by atoms with Crippen molar-refractivity contribution in [1.29, 1.82) is 0 Å². The molecule has 1 atom stereocenters. The van der Waals surface area contributed by atoms with Crippen molar-refractivity contribution in [2.24, 2.45) is 5.41 Å². The largest absolute Gasteiger partial charge is 0.396 e. The van der Waals surface area contributed by atoms with Gasteiger partial charge in [-0.15, -0.1) is 0 Å². The zero-order valence-electron chi connectivity index (χ0n) is 10.7. The Morgan fingerprint density at radius 2 is 1.69 bits per heavy atom. The molecule has 1 unspecified atom stereocenters. The van der Waals surface area contributed by atoms with Crippen LogP contribution in [-0.4, -0.2) is 32.2 Å². The topological polar surface area (TPSA) is 78.4 Å². The molecule has 0 amide bonds. The summed E-state index contributed by atoms with van der Waals surface area (Å²) in [5, 5.41) is 8.92. The summed E-state index contributed by atoms with van der Waals surface area (Å²) in [6, 6.07) is -0.430. The van der Waals surface area contributed by atoms with E-state index in [1.807, 2.05) is 20.8 Å². The van der Waals surface area contributed by atoms with E-state index in [1.165, 1.54) is 0 Å². The summed E-state index contributed by atoms with van der Waals surface area (Å²) in [6.45, 7) is 9.29. The number of hydrogen-bond acceptors (Lipinski definition) is 3. The molecule has 0 radical (unpaired) electrons. The van der Waals surface area contributed by atoms with Crippen molar-refractivity contribution in [3.8, 4) is 0 Å². The molecule has 5 nitrogen and oxygen atoms in total. The Balaban J connectivity index is 4.63. The molecule has 98 valence electrons. The average molecular weight is 252 g/mol. The van der Waals surface area contributed by atoms with Crippen LogP contribution >= 0.6 is 0 Å². The smallest absolute Gasteiger partial charge is 0.277 e. The second-order valence-electron chi connectivity index (χ2n) is 5.32. The zero-order chi connectivity index (χ0) is 13.0. The summed E-state index contributed by atoms with van der Waals surface area (Å²) in [5.41, 5.74) is -0.228. The fraction of sp³-hybridized carbons (Fsp3) is 1.00. The molecule has 3 N–H and O–H groups in total. The SMILES string of the molecule is CC(C)NS(=O)(=O)NC(CCO)C(C)(C)C. The minimum absolute atomic E-state index is 0.0356. The normalized spacial score (nSPS) is 15.4. The van der Waals surface area contributed by atoms with E-state index in [2.05, 4.69) is 9.44 Å². The van der Waals surface area contributed by atoms with Crippen molar-refractivity contribution in [1.82, 2.24) is 9.44 Å². The fourth-order valence-electron chi connectivity index (χ4n) is 1.33. The van der Waals surface area contributed by atoms with Crippen molar-refractivity contribution in [2.45, 2.75) is 53.1 Å². The van der Waals surface area contributed by atoms with E-state index in [-0.39, 0.29) is 24.1 Å². The van der Waals surface area contributed by atoms with Crippen LogP contribution in [0.4, 0.5) is 0 Å². The van der Waals surface area contributed by atoms with Crippen LogP contribution in [0.2, 0.25) is 0 Å². The molecule has 0 bridgehead atoms. The fourth-order valence-corrected chi connectivity index (χ4v) is 2.86. The third-order valence-electron chi connectivity index (χ3n) is 2.15. The maximum Gasteiger partial charge on any atom is 0.277 e. The van der Waals surface area contributed by atoms with Crippen LogP contribution in [0.15, 0.2) is 0 Å². The Morgan fingerprint density at radius 1 is 1.19 bits per heavy atom. The molecule has 16 heavy (non-hydrogen) atoms. The van der Waals surface area contributed by atoms with Crippen molar-refractivity contribution in [3.63, 3.8) is 0 Å². The summed E-state index contributed by atoms with van der Waals surface area (Å²) in [6.07, 6.45) is 0.405. The van der Waals surface area contributed by atoms with Gasteiger partial charge in [0.1, 0.15) is 0 Å². The van der Waals surface area contributed by atoms with Crippen molar-refractivity contribution < 1.29 is 13.5 Å². The molecule has 0 aromatic carbocycles. The number of aliphatic hydroxyl groups is 1. The Morgan fingerprint density at radius 3 is 2.00 bits per heavy atom. The molecule has 0 aliphatic rings. The Kier molecular flexibility index (Phi) is 5.89. The molecule has 0 fully saturated rings. The van der Waals surface area contributed by atoms with Crippen LogP contribution in [-0.2, 0) is 10.2 Å². The van der Waals surface area contributed by atoms with Gasteiger partial charge in [0, 0.05) is 18.7 Å². The van der Waals surface area contributed by atoms with Crippen molar-refractivity contribution in [3.05, 3.63) is 0 Å². The first-order valence-electron chi connectivity index (χ1n) is 5.49. The Hall–Kier alpha value is -0.170. The van der Waals surface area contributed by atoms with Gasteiger partial charge in [-0.05, 0) is 25.7 Å². The van der Waals surface area contributed by atoms with Crippen LogP contribution in [0, 0.1) is 5.41 Å². The molecule has 0 aliphatic carbocycles. The van der Waals surface area contributed by atoms with Crippen LogP contribution in [0.3, 0.4) is 0 Å². The minimum Gasteiger partial charge on any atom is -0.396 e. The van der Waals surface area contributed by atoms with Crippen molar-refractivity contribution in [2.75, 3.05) is 6.61 Å². The number of nitrogens with one attached hydrogen (secondary N) is 2. The highest BCUT2D eigenvalue weighted by Gasteiger charge is 2.28. The van der Waals surface area contributed by atoms with Gasteiger partial charge < -0.3 is 5.11 Å². The lowest BCUT2D eigenvalue weighted by atomic mass is 9.86. The van der Waals surface area contributed by atoms with Gasteiger partial charge in [-0.2, -0.15) is 17.9 Å². The van der Waals surface area contributed by atoms with Gasteiger partial charge in [-0.25, -0.2) is 0 Å². The van der Waals surface area contributed by atoms with Gasteiger partial charge in [0.2, 0.25) is 0 Å². The van der Waals surface area contributed by atoms with E-state index in [0.29, 0.717) is 6.42 Å². The highest BCUT2D eigenvalue weighted by Crippen LogP contribution is 2.22. The lowest BCUT2D eigenvalue weighted by molar-refractivity contribution is 0.214. The van der Waals surface area contributed by atoms with Crippen LogP contribution in [0.1, 0.15) is 41.0 Å². The Bertz CT molecular complexity index is 294. The minimum atomic E-state index is -3.50. The van der Waals surface area contributed by atoms with Gasteiger partial charge >= 0.3 is 0 Å². The van der Waals surface area contributed by atoms with E-state index in [0.717, 1.165) is 0 Å². The van der Waals surface area contributed by atoms with Crippen LogP contribution < -0.4 is 9.44 Å². The summed E-state index contributed by atoms with van der Waals surface area (Å²) in [4.78, 5) is 0. The Labute approximate surface area is 98.8 Å². The van der Waals surface area contributed by atoms with Gasteiger partial charge in [0.15, 0.2) is 0 Å². The molecule has 0 heterocycles. The average Bonchev–Trinajstić information content (AvgIpc) is 1.98. The van der Waals surface area contributed by atoms with Gasteiger partial charge in [-0.1, -0.05) is 20.8 Å². The zero-order valence-corrected chi connectivity index (χ0v) is 11.6. The van der Waals surface area contributed by atoms with E-state index in [1.54, 1.807) is 13.8 Å². The van der Waals surface area contributed by atoms with Gasteiger partial charge in [0.05, 0.1) is 0 Å². The highest BCUT2D eigenvalue weighted by atomic mass is 32.2. The molecule has 0 saturated heterocycles. The molecular formula is C10H24N2O3S. The summed E-state index contributed by atoms with van der Waals surface area (Å²) >= 11 is 0. The molecular weight excluding hydrogens is 228 g/mol. The predicted octanol–water partition coefficient (Wildman–Crippen LogP) is 0.616. The molecule has 0 rings (SSSR count). The first kappa shape index (κ1) is 15.8. The number of hydrogen-bond donors (Lipinski definition) is 3. The van der Waals surface area contributed by atoms with E-state index < -0.39 is 10.2 Å². The van der Waals surface area contributed by atoms with E-state index in [4.69, 9.17) is 5.11 Å². The number of rotatable bonds is 6. The standard InChI is InChI=1S/C10H24N2O3S/c1-8(2)11-16(14,15)12-9(6-7-13)10(3,4)5/h8-9,11-13H,6-7H2,1-5H3. The van der Waals surface area contributed by atoms with E-state index >= 15 is 0 Å². The lowest BCUT2D eigenvalue weighted by Crippen LogP contribution is -2.50. The molecule has 6 heteroatoms. The maximum atomic E-state index is 11.7. The third kappa shape index (κ3) is 6.42. The maximum absolute atomic E-state index is 11.7. The molecule has 0 saturated carbocycles. The van der Waals surface area contributed by atoms with Gasteiger partial charge in [-0.3, -0.25) is 0 Å². The molecule has 0 aromatic rings. The first-order valence-corrected chi connectivity index (χ1v) is 6.97. The second-order valence-corrected chi connectivity index (χ2v) is 6.80. The van der Waals surface area contributed by atoms with Crippen LogP contribution in [0.5, 0.6) is 0 Å². The molecule has 0 spiro atoms. The first-order chi connectivity index (χ1) is 7.08. The predicted molar refractivity (Wildman–Crippen MR) is 65.3 cm³/mol. The summed E-state index contributed by atoms with van der Waals surface area (Å²) < 4.78 is 28.4. The lowest BCUT2D eigenvalue weighted by Gasteiger charge is -2.31. The van der Waals surface area contributed by atoms with Crippen LogP contribution in [0.25, 0.3) is 0 Å². The van der Waals surface area contributed by atoms with E-state index in [9.17, 15) is 8.42 Å². The quantitative estimate of drug-likeness (QED) is 0.648. The van der Waals surface area contributed by atoms with Gasteiger partial charge in [0.25, 0.3) is 10.2 Å². The molecule has 0 aliphatic heterocycles. The molecule has 0 aromatic heterocycles. The monoisotopic (exact) mass is 252 g/mol. The highest BCUT2D eigenvalue weighted by molar-refractivity contribution is 7.87.